The second-order valence-electron chi connectivity index (χ2n) is 7.29. The summed E-state index contributed by atoms with van der Waals surface area (Å²) < 4.78 is 15.2. The number of carbonyl (C=O) groups excluding carboxylic acids is 2. The normalized spacial score (nSPS) is 10.7. The van der Waals surface area contributed by atoms with Crippen LogP contribution in [0.25, 0.3) is 11.0 Å². The predicted octanol–water partition coefficient (Wildman–Crippen LogP) is 2.90. The molecule has 1 heterocycles. The van der Waals surface area contributed by atoms with Crippen molar-refractivity contribution in [2.75, 3.05) is 20.3 Å². The van der Waals surface area contributed by atoms with Crippen LogP contribution in [0.3, 0.4) is 0 Å². The number of rotatable bonds is 9. The van der Waals surface area contributed by atoms with Crippen molar-refractivity contribution in [3.05, 3.63) is 83.7 Å². The molecule has 0 atom stereocenters. The minimum Gasteiger partial charge on any atom is -0.423 e. The smallest absolute Gasteiger partial charge is 0.349 e. The van der Waals surface area contributed by atoms with Gasteiger partial charge in [-0.15, -0.1) is 0 Å². The number of carbonyl (C=O) groups is 2. The topological polar surface area (TPSA) is 181 Å². The molecule has 0 aliphatic carbocycles. The van der Waals surface area contributed by atoms with Crippen LogP contribution in [-0.2, 0) is 4.74 Å². The highest BCUT2D eigenvalue weighted by atomic mass is 16.6. The van der Waals surface area contributed by atoms with Gasteiger partial charge in [0.25, 0.3) is 17.3 Å². The first kappa shape index (κ1) is 25.0. The molecule has 0 fully saturated rings. The van der Waals surface area contributed by atoms with E-state index in [1.807, 2.05) is 0 Å². The third-order valence-electron chi connectivity index (χ3n) is 4.96. The fourth-order valence-corrected chi connectivity index (χ4v) is 3.17. The van der Waals surface area contributed by atoms with Crippen LogP contribution in [0.1, 0.15) is 32.7 Å². The number of fused-ring (bicyclic) bond motifs is 1. The van der Waals surface area contributed by atoms with Crippen molar-refractivity contribution in [3.63, 3.8) is 0 Å². The molecule has 0 aliphatic heterocycles. The first-order valence-corrected chi connectivity index (χ1v) is 10.1. The molecule has 0 spiro atoms. The molecule has 0 bridgehead atoms. The van der Waals surface area contributed by atoms with Crippen LogP contribution in [0.4, 0.5) is 11.4 Å². The molecule has 35 heavy (non-hydrogen) atoms. The van der Waals surface area contributed by atoms with Gasteiger partial charge < -0.3 is 19.2 Å². The number of nitro benzene ring substituents is 2. The van der Waals surface area contributed by atoms with Crippen molar-refractivity contribution in [2.24, 2.45) is 0 Å². The fourth-order valence-electron chi connectivity index (χ4n) is 3.17. The van der Waals surface area contributed by atoms with Gasteiger partial charge in [-0.3, -0.25) is 25.0 Å². The lowest BCUT2D eigenvalue weighted by Gasteiger charge is -2.08. The van der Waals surface area contributed by atoms with Gasteiger partial charge in [-0.1, -0.05) is 0 Å². The van der Waals surface area contributed by atoms with Gasteiger partial charge >= 0.3 is 11.6 Å². The summed E-state index contributed by atoms with van der Waals surface area (Å²) in [4.78, 5) is 57.8. The van der Waals surface area contributed by atoms with Crippen molar-refractivity contribution in [2.45, 2.75) is 13.3 Å². The summed E-state index contributed by atoms with van der Waals surface area (Å²) in [6.07, 6.45) is 0.559. The maximum atomic E-state index is 12.5. The Morgan fingerprint density at radius 2 is 1.71 bits per heavy atom. The van der Waals surface area contributed by atoms with Gasteiger partial charge in [0, 0.05) is 43.8 Å². The number of methoxy groups -OCH3 is 1. The largest absolute Gasteiger partial charge is 0.423 e. The number of hydrogen-bond donors (Lipinski definition) is 1. The molecule has 182 valence electrons. The van der Waals surface area contributed by atoms with Crippen LogP contribution in [0.15, 0.2) is 45.6 Å². The Balaban J connectivity index is 1.86. The molecule has 13 nitrogen and oxygen atoms in total. The zero-order valence-corrected chi connectivity index (χ0v) is 18.6. The summed E-state index contributed by atoms with van der Waals surface area (Å²) in [7, 11) is 1.53. The van der Waals surface area contributed by atoms with Gasteiger partial charge in [0.15, 0.2) is 0 Å². The molecule has 0 aliphatic rings. The summed E-state index contributed by atoms with van der Waals surface area (Å²) in [5.41, 5.74) is -2.93. The zero-order chi connectivity index (χ0) is 25.7. The van der Waals surface area contributed by atoms with Crippen LogP contribution < -0.4 is 15.7 Å². The fraction of sp³-hybridized carbons (Fsp3) is 0.227. The van der Waals surface area contributed by atoms with Crippen molar-refractivity contribution in [3.8, 4) is 5.75 Å². The lowest BCUT2D eigenvalue weighted by atomic mass is 10.1. The van der Waals surface area contributed by atoms with Gasteiger partial charge in [0.05, 0.1) is 15.4 Å². The Labute approximate surface area is 196 Å². The summed E-state index contributed by atoms with van der Waals surface area (Å²) in [6.45, 7) is 1.94. The third kappa shape index (κ3) is 5.65. The summed E-state index contributed by atoms with van der Waals surface area (Å²) in [6, 6.07) is 7.07. The maximum absolute atomic E-state index is 12.5. The Bertz CT molecular complexity index is 1360. The molecule has 0 unspecified atom stereocenters. The second-order valence-corrected chi connectivity index (χ2v) is 7.29. The van der Waals surface area contributed by atoms with Crippen LogP contribution in [-0.4, -0.2) is 42.0 Å². The average molecular weight is 485 g/mol. The first-order valence-electron chi connectivity index (χ1n) is 10.1. The van der Waals surface area contributed by atoms with Gasteiger partial charge in [0.2, 0.25) is 0 Å². The van der Waals surface area contributed by atoms with Crippen molar-refractivity contribution < 1.29 is 33.3 Å². The van der Waals surface area contributed by atoms with E-state index in [9.17, 15) is 34.6 Å². The highest BCUT2D eigenvalue weighted by Crippen LogP contribution is 2.30. The molecule has 3 aromatic rings. The van der Waals surface area contributed by atoms with Crippen LogP contribution in [0, 0.1) is 27.2 Å². The summed E-state index contributed by atoms with van der Waals surface area (Å²) in [5, 5.41) is 25.4. The molecule has 1 N–H and O–H groups in total. The van der Waals surface area contributed by atoms with Gasteiger partial charge in [-0.2, -0.15) is 0 Å². The number of ether oxygens (including phenoxy) is 2. The summed E-state index contributed by atoms with van der Waals surface area (Å²) >= 11 is 0. The lowest BCUT2D eigenvalue weighted by molar-refractivity contribution is -0.395. The number of amides is 1. The van der Waals surface area contributed by atoms with Crippen molar-refractivity contribution >= 4 is 34.2 Å². The molecule has 13 heteroatoms. The quantitative estimate of drug-likeness (QED) is 0.118. The lowest BCUT2D eigenvalue weighted by Crippen LogP contribution is -2.29. The van der Waals surface area contributed by atoms with Crippen LogP contribution >= 0.6 is 0 Å². The average Bonchev–Trinajstić information content (AvgIpc) is 2.80. The maximum Gasteiger partial charge on any atom is 0.349 e. The zero-order valence-electron chi connectivity index (χ0n) is 18.6. The molecule has 0 radical (unpaired) electrons. The number of benzene rings is 2. The molecule has 2 aromatic carbocycles. The van der Waals surface area contributed by atoms with Crippen molar-refractivity contribution in [1.29, 1.82) is 0 Å². The monoisotopic (exact) mass is 485 g/mol. The number of nitrogens with one attached hydrogen (secondary N) is 1. The van der Waals surface area contributed by atoms with E-state index < -0.39 is 44.3 Å². The Morgan fingerprint density at radius 1 is 1.06 bits per heavy atom. The molecule has 0 saturated carbocycles. The highest BCUT2D eigenvalue weighted by molar-refractivity contribution is 5.97. The SMILES string of the molecule is COCCCNC(=O)c1cc2ccc(OC(=O)c3cc([N+](=O)[O-])c(C)c([N+](=O)[O-])c3)cc2oc1=O. The van der Waals surface area contributed by atoms with Gasteiger partial charge in [0.1, 0.15) is 22.5 Å². The highest BCUT2D eigenvalue weighted by Gasteiger charge is 2.26. The number of nitrogens with zero attached hydrogens (tertiary/aromatic N) is 2. The molecule has 0 saturated heterocycles. The van der Waals surface area contributed by atoms with E-state index in [1.165, 1.54) is 38.3 Å². The van der Waals surface area contributed by atoms with Crippen LogP contribution in [0.2, 0.25) is 0 Å². The standard InChI is InChI=1S/C22H19N3O10/c1-12-17(24(29)30)9-14(10-18(12)25(31)32)21(27)34-15-5-4-13-8-16(22(28)35-19(13)11-15)20(26)23-6-3-7-33-2/h4-5,8-11H,3,6-7H2,1-2H3,(H,23,26). The van der Waals surface area contributed by atoms with E-state index in [0.29, 0.717) is 25.0 Å². The molecule has 1 aromatic heterocycles. The third-order valence-corrected chi connectivity index (χ3v) is 4.96. The van der Waals surface area contributed by atoms with E-state index in [0.717, 1.165) is 12.1 Å². The minimum absolute atomic E-state index is 0.0112. The Kier molecular flexibility index (Phi) is 7.51. The predicted molar refractivity (Wildman–Crippen MR) is 121 cm³/mol. The molecular formula is C22H19N3O10. The number of nitro groups is 2. The molecular weight excluding hydrogens is 466 g/mol. The number of hydrogen-bond acceptors (Lipinski definition) is 10. The minimum atomic E-state index is -1.09. The van der Waals surface area contributed by atoms with Crippen molar-refractivity contribution in [1.82, 2.24) is 5.32 Å². The second kappa shape index (κ2) is 10.5. The Hall–Kier alpha value is -4.65. The van der Waals surface area contributed by atoms with E-state index in [4.69, 9.17) is 13.9 Å². The summed E-state index contributed by atoms with van der Waals surface area (Å²) in [5.74, 6) is -1.80. The van der Waals surface area contributed by atoms with E-state index in [2.05, 4.69) is 5.32 Å². The molecule has 3 rings (SSSR count). The molecule has 1 amide bonds. The number of esters is 1. The van der Waals surface area contributed by atoms with Gasteiger partial charge in [-0.25, -0.2) is 9.59 Å². The van der Waals surface area contributed by atoms with E-state index in [1.54, 1.807) is 0 Å². The van der Waals surface area contributed by atoms with E-state index in [-0.39, 0.29) is 22.5 Å². The van der Waals surface area contributed by atoms with Crippen LogP contribution in [0.5, 0.6) is 5.75 Å². The van der Waals surface area contributed by atoms with Gasteiger partial charge in [-0.05, 0) is 31.5 Å². The Morgan fingerprint density at radius 3 is 2.31 bits per heavy atom. The van der Waals surface area contributed by atoms with E-state index >= 15 is 0 Å². The first-order chi connectivity index (χ1) is 16.6.